The Hall–Kier alpha value is -3.50. The van der Waals surface area contributed by atoms with Crippen LogP contribution >= 0.6 is 0 Å². The van der Waals surface area contributed by atoms with E-state index in [2.05, 4.69) is 10.3 Å². The third-order valence-corrected chi connectivity index (χ3v) is 4.72. The number of alkyl halides is 4. The van der Waals surface area contributed by atoms with Gasteiger partial charge in [0.15, 0.2) is 0 Å². The van der Waals surface area contributed by atoms with Crippen molar-refractivity contribution in [2.45, 2.75) is 52.2 Å². The molecule has 0 saturated carbocycles. The molecule has 0 unspecified atom stereocenters. The van der Waals surface area contributed by atoms with Crippen molar-refractivity contribution in [3.8, 4) is 5.69 Å². The number of alkyl carbamates (subject to hydrolysis) is 1. The second kappa shape index (κ2) is 9.40. The van der Waals surface area contributed by atoms with E-state index in [4.69, 9.17) is 4.74 Å². The van der Waals surface area contributed by atoms with E-state index in [0.717, 1.165) is 22.8 Å². The zero-order valence-corrected chi connectivity index (χ0v) is 18.7. The zero-order valence-electron chi connectivity index (χ0n) is 18.7. The van der Waals surface area contributed by atoms with E-state index >= 15 is 0 Å². The van der Waals surface area contributed by atoms with Gasteiger partial charge >= 0.3 is 6.09 Å². The molecule has 1 aromatic heterocycles. The van der Waals surface area contributed by atoms with E-state index in [9.17, 15) is 31.5 Å². The standard InChI is InChI=1S/C23H22F5N3O3/c1-11(29-22(33)34-23(2,3)4)20-30-16-7-5-6-15(24)17(16)21(32)31(20)14-9-12(18(25)26)8-13(10-14)19(27)28/h5-11,18-19H,1-4H3,(H,29,33)/t11-/m0/s1. The normalized spacial score (nSPS) is 12.9. The minimum atomic E-state index is -3.11. The molecule has 3 aromatic rings. The molecule has 0 saturated heterocycles. The molecule has 1 atom stereocenters. The van der Waals surface area contributed by atoms with Gasteiger partial charge in [-0.15, -0.1) is 0 Å². The molecule has 0 bridgehead atoms. The highest BCUT2D eigenvalue weighted by Gasteiger charge is 2.25. The Morgan fingerprint density at radius 3 is 2.18 bits per heavy atom. The highest BCUT2D eigenvalue weighted by Crippen LogP contribution is 2.30. The van der Waals surface area contributed by atoms with Crippen LogP contribution in [0, 0.1) is 5.82 Å². The molecule has 0 aliphatic rings. The largest absolute Gasteiger partial charge is 0.444 e. The van der Waals surface area contributed by atoms with Crippen molar-refractivity contribution in [2.24, 2.45) is 0 Å². The van der Waals surface area contributed by atoms with E-state index in [1.807, 2.05) is 0 Å². The lowest BCUT2D eigenvalue weighted by Crippen LogP contribution is -2.37. The summed E-state index contributed by atoms with van der Waals surface area (Å²) in [5.41, 5.74) is -3.81. The summed E-state index contributed by atoms with van der Waals surface area (Å²) in [6.07, 6.45) is -7.09. The van der Waals surface area contributed by atoms with Gasteiger partial charge in [0.2, 0.25) is 0 Å². The molecule has 3 rings (SSSR count). The van der Waals surface area contributed by atoms with Gasteiger partial charge in [-0.3, -0.25) is 9.36 Å². The number of rotatable bonds is 5. The second-order valence-corrected chi connectivity index (χ2v) is 8.57. The fraction of sp³-hybridized carbons (Fsp3) is 0.348. The van der Waals surface area contributed by atoms with Gasteiger partial charge in [-0.1, -0.05) is 6.07 Å². The van der Waals surface area contributed by atoms with Crippen LogP contribution in [0.5, 0.6) is 0 Å². The molecule has 6 nitrogen and oxygen atoms in total. The van der Waals surface area contributed by atoms with Crippen molar-refractivity contribution in [1.29, 1.82) is 0 Å². The van der Waals surface area contributed by atoms with Crippen LogP contribution in [-0.4, -0.2) is 21.2 Å². The molecular formula is C23H22F5N3O3. The molecule has 1 amide bonds. The first-order chi connectivity index (χ1) is 15.8. The Balaban J connectivity index is 2.28. The van der Waals surface area contributed by atoms with Crippen LogP contribution in [0.15, 0.2) is 41.2 Å². The maximum Gasteiger partial charge on any atom is 0.408 e. The molecule has 1 N–H and O–H groups in total. The number of benzene rings is 2. The number of fused-ring (bicyclic) bond motifs is 1. The minimum absolute atomic E-state index is 0.0619. The maximum atomic E-state index is 14.5. The van der Waals surface area contributed by atoms with Crippen molar-refractivity contribution < 1.29 is 31.5 Å². The van der Waals surface area contributed by atoms with E-state index < -0.39 is 58.5 Å². The molecule has 0 aliphatic carbocycles. The van der Waals surface area contributed by atoms with Crippen LogP contribution in [0.1, 0.15) is 63.5 Å². The Bertz CT molecular complexity index is 1260. The van der Waals surface area contributed by atoms with Gasteiger partial charge in [0, 0.05) is 11.1 Å². The summed E-state index contributed by atoms with van der Waals surface area (Å²) in [5.74, 6) is -1.12. The van der Waals surface area contributed by atoms with Crippen LogP contribution in [0.2, 0.25) is 0 Å². The lowest BCUT2D eigenvalue weighted by molar-refractivity contribution is 0.0505. The van der Waals surface area contributed by atoms with Crippen LogP contribution in [0.4, 0.5) is 26.7 Å². The Morgan fingerprint density at radius 1 is 1.06 bits per heavy atom. The number of carbonyl (C=O) groups is 1. The molecule has 1 heterocycles. The predicted octanol–water partition coefficient (Wildman–Crippen LogP) is 5.99. The van der Waals surface area contributed by atoms with Gasteiger partial charge < -0.3 is 10.1 Å². The van der Waals surface area contributed by atoms with Crippen LogP contribution in [0.25, 0.3) is 16.6 Å². The zero-order chi connectivity index (χ0) is 25.4. The number of carbonyl (C=O) groups excluding carboxylic acids is 1. The first-order valence-electron chi connectivity index (χ1n) is 10.2. The van der Waals surface area contributed by atoms with Gasteiger partial charge in [0.1, 0.15) is 22.6 Å². The second-order valence-electron chi connectivity index (χ2n) is 8.57. The Labute approximate surface area is 191 Å². The van der Waals surface area contributed by atoms with Gasteiger partial charge in [-0.2, -0.15) is 0 Å². The molecule has 11 heteroatoms. The Kier molecular flexibility index (Phi) is 6.94. The van der Waals surface area contributed by atoms with Crippen molar-refractivity contribution in [3.05, 3.63) is 69.5 Å². The highest BCUT2D eigenvalue weighted by atomic mass is 19.3. The van der Waals surface area contributed by atoms with E-state index in [0.29, 0.717) is 6.07 Å². The molecule has 182 valence electrons. The quantitative estimate of drug-likeness (QED) is 0.453. The summed E-state index contributed by atoms with van der Waals surface area (Å²) in [6.45, 7) is 6.32. The third kappa shape index (κ3) is 5.35. The first-order valence-corrected chi connectivity index (χ1v) is 10.2. The number of hydrogen-bond donors (Lipinski definition) is 1. The minimum Gasteiger partial charge on any atom is -0.444 e. The number of amides is 1. The number of aromatic nitrogens is 2. The van der Waals surface area contributed by atoms with Crippen LogP contribution in [0.3, 0.4) is 0 Å². The average molecular weight is 483 g/mol. The number of nitrogens with one attached hydrogen (secondary N) is 1. The number of hydrogen-bond acceptors (Lipinski definition) is 4. The summed E-state index contributed by atoms with van der Waals surface area (Å²) in [6, 6.07) is 4.94. The van der Waals surface area contributed by atoms with Gasteiger partial charge in [-0.25, -0.2) is 31.7 Å². The molecule has 0 spiro atoms. The average Bonchev–Trinajstić information content (AvgIpc) is 2.71. The summed E-state index contributed by atoms with van der Waals surface area (Å²) in [4.78, 5) is 29.8. The number of halogens is 5. The van der Waals surface area contributed by atoms with Crippen molar-refractivity contribution >= 4 is 17.0 Å². The maximum absolute atomic E-state index is 14.5. The molecule has 0 radical (unpaired) electrons. The monoisotopic (exact) mass is 483 g/mol. The molecular weight excluding hydrogens is 461 g/mol. The third-order valence-electron chi connectivity index (χ3n) is 4.72. The fourth-order valence-electron chi connectivity index (χ4n) is 3.34. The number of ether oxygens (including phenoxy) is 1. The first kappa shape index (κ1) is 25.1. The van der Waals surface area contributed by atoms with E-state index in [-0.39, 0.29) is 17.0 Å². The Morgan fingerprint density at radius 2 is 1.65 bits per heavy atom. The topological polar surface area (TPSA) is 73.2 Å². The summed E-state index contributed by atoms with van der Waals surface area (Å²) in [5, 5.41) is 2.01. The van der Waals surface area contributed by atoms with Crippen LogP contribution < -0.4 is 10.9 Å². The molecule has 2 aromatic carbocycles. The van der Waals surface area contributed by atoms with Crippen molar-refractivity contribution in [1.82, 2.24) is 14.9 Å². The number of nitrogens with zero attached hydrogens (tertiary/aromatic N) is 2. The van der Waals surface area contributed by atoms with Gasteiger partial charge in [0.05, 0.1) is 17.2 Å². The van der Waals surface area contributed by atoms with E-state index in [1.54, 1.807) is 20.8 Å². The SMILES string of the molecule is C[C@H](NC(=O)OC(C)(C)C)c1nc2cccc(F)c2c(=O)n1-c1cc(C(F)F)cc(C(F)F)c1. The van der Waals surface area contributed by atoms with E-state index in [1.165, 1.54) is 19.1 Å². The van der Waals surface area contributed by atoms with Gasteiger partial charge in [-0.05, 0) is 58.0 Å². The summed E-state index contributed by atoms with van der Waals surface area (Å²) >= 11 is 0. The lowest BCUT2D eigenvalue weighted by Gasteiger charge is -2.23. The fourth-order valence-corrected chi connectivity index (χ4v) is 3.34. The molecule has 34 heavy (non-hydrogen) atoms. The van der Waals surface area contributed by atoms with Crippen molar-refractivity contribution in [2.75, 3.05) is 0 Å². The predicted molar refractivity (Wildman–Crippen MR) is 115 cm³/mol. The summed E-state index contributed by atoms with van der Waals surface area (Å²) < 4.78 is 74.2. The van der Waals surface area contributed by atoms with Gasteiger partial charge in [0.25, 0.3) is 18.4 Å². The smallest absolute Gasteiger partial charge is 0.408 e. The van der Waals surface area contributed by atoms with Crippen molar-refractivity contribution in [3.63, 3.8) is 0 Å². The lowest BCUT2D eigenvalue weighted by atomic mass is 10.1. The highest BCUT2D eigenvalue weighted by molar-refractivity contribution is 5.79. The molecule has 0 fully saturated rings. The molecule has 0 aliphatic heterocycles. The summed E-state index contributed by atoms with van der Waals surface area (Å²) in [7, 11) is 0. The van der Waals surface area contributed by atoms with Crippen LogP contribution in [-0.2, 0) is 4.74 Å².